The number of sulfonamides is 1. The van der Waals surface area contributed by atoms with Gasteiger partial charge in [0.05, 0.1) is 18.2 Å². The Morgan fingerprint density at radius 1 is 1.12 bits per heavy atom. The van der Waals surface area contributed by atoms with Gasteiger partial charge in [-0.05, 0) is 42.2 Å². The molecule has 2 aromatic rings. The van der Waals surface area contributed by atoms with Crippen molar-refractivity contribution in [1.29, 1.82) is 0 Å². The Kier molecular flexibility index (Phi) is 8.52. The van der Waals surface area contributed by atoms with E-state index in [9.17, 15) is 18.0 Å². The Labute approximate surface area is 242 Å². The van der Waals surface area contributed by atoms with E-state index in [1.165, 1.54) is 0 Å². The first kappa shape index (κ1) is 28.6. The quantitative estimate of drug-likeness (QED) is 0.437. The van der Waals surface area contributed by atoms with Crippen molar-refractivity contribution in [1.82, 2.24) is 15.1 Å². The Hall–Kier alpha value is -2.90. The van der Waals surface area contributed by atoms with Crippen molar-refractivity contribution in [2.75, 3.05) is 19.5 Å². The second-order valence-corrected chi connectivity index (χ2v) is 12.6. The average Bonchev–Trinajstić information content (AvgIpc) is 3.42. The van der Waals surface area contributed by atoms with E-state index in [0.717, 1.165) is 19.1 Å². The molecule has 212 valence electrons. The van der Waals surface area contributed by atoms with Crippen LogP contribution in [-0.4, -0.2) is 62.6 Å². The number of aliphatic imine (C=N–C) groups is 1. The molecule has 5 rings (SSSR count). The summed E-state index contributed by atoms with van der Waals surface area (Å²) < 4.78 is 27.3. The first-order chi connectivity index (χ1) is 19.1. The van der Waals surface area contributed by atoms with Crippen LogP contribution in [0.15, 0.2) is 57.7 Å². The number of nitrogens with zero attached hydrogens (tertiary/aromatic N) is 4. The predicted octanol–water partition coefficient (Wildman–Crippen LogP) is 4.00. The number of azo groups is 1. The van der Waals surface area contributed by atoms with Gasteiger partial charge in [-0.25, -0.2) is 23.6 Å². The molecule has 2 aromatic carbocycles. The lowest BCUT2D eigenvalue weighted by molar-refractivity contribution is -0.136. The summed E-state index contributed by atoms with van der Waals surface area (Å²) in [4.78, 5) is 39.2. The number of amides is 2. The van der Waals surface area contributed by atoms with Gasteiger partial charge in [0, 0.05) is 27.7 Å². The van der Waals surface area contributed by atoms with Gasteiger partial charge in [0.2, 0.25) is 10.0 Å². The zero-order chi connectivity index (χ0) is 28.4. The van der Waals surface area contributed by atoms with Crippen LogP contribution in [-0.2, 0) is 19.7 Å². The van der Waals surface area contributed by atoms with Crippen LogP contribution in [0.4, 0.5) is 0 Å². The van der Waals surface area contributed by atoms with Gasteiger partial charge in [-0.15, -0.1) is 5.11 Å². The summed E-state index contributed by atoms with van der Waals surface area (Å²) in [6.07, 6.45) is 3.77. The molecule has 1 unspecified atom stereocenters. The molecule has 0 spiro atoms. The molecule has 3 aliphatic rings. The number of hydroxylamine groups is 1. The highest BCUT2D eigenvalue weighted by Crippen LogP contribution is 2.47. The van der Waals surface area contributed by atoms with E-state index < -0.39 is 40.0 Å². The fraction of sp³-hybridized carbons (Fsp3) is 0.423. The molecule has 2 N–H and O–H groups in total. The number of nitrogens with one attached hydrogen (secondary N) is 2. The standard InChI is InChI=1S/C26H28Cl2N6O5S/c1-40(37,38)33-20-8-4-5-9-21(20)34-24(18-11-10-15(27)12-19(18)28)23(16-6-2-3-7-17(16)26(34)36)25(35)32-39-13-22-29-14-30-31-22/h2-3,6-7,10-12,20-21,23-24,33H,4-5,8-9,13-14H2,1H3,(H,32,35)/t20-,21?,23+,24-/m0/s1. The number of hydrogen-bond acceptors (Lipinski definition) is 8. The normalized spacial score (nSPS) is 24.5. The van der Waals surface area contributed by atoms with Gasteiger partial charge in [0.25, 0.3) is 11.8 Å². The van der Waals surface area contributed by atoms with E-state index in [1.54, 1.807) is 47.4 Å². The molecule has 1 aliphatic carbocycles. The number of benzene rings is 2. The number of halogens is 2. The molecule has 1 fully saturated rings. The topological polar surface area (TPSA) is 142 Å². The van der Waals surface area contributed by atoms with Crippen LogP contribution in [0.5, 0.6) is 0 Å². The molecular weight excluding hydrogens is 579 g/mol. The van der Waals surface area contributed by atoms with Crippen LogP contribution < -0.4 is 10.2 Å². The monoisotopic (exact) mass is 606 g/mol. The summed E-state index contributed by atoms with van der Waals surface area (Å²) in [5, 5.41) is 8.28. The third kappa shape index (κ3) is 6.06. The maximum atomic E-state index is 14.2. The van der Waals surface area contributed by atoms with Gasteiger partial charge in [0.1, 0.15) is 6.61 Å². The molecule has 14 heteroatoms. The number of carbonyl (C=O) groups is 2. The highest BCUT2D eigenvalue weighted by molar-refractivity contribution is 7.88. The van der Waals surface area contributed by atoms with E-state index in [4.69, 9.17) is 28.0 Å². The smallest absolute Gasteiger partial charge is 0.255 e. The molecule has 0 bridgehead atoms. The van der Waals surface area contributed by atoms with Crippen LogP contribution >= 0.6 is 23.2 Å². The van der Waals surface area contributed by atoms with Crippen molar-refractivity contribution in [2.45, 2.75) is 49.7 Å². The number of carbonyl (C=O) groups excluding carboxylic acids is 2. The molecule has 0 saturated heterocycles. The number of amidine groups is 1. The summed E-state index contributed by atoms with van der Waals surface area (Å²) >= 11 is 12.9. The third-order valence-electron chi connectivity index (χ3n) is 7.27. The second kappa shape index (κ2) is 11.9. The summed E-state index contributed by atoms with van der Waals surface area (Å²) in [6, 6.07) is 9.82. The zero-order valence-corrected chi connectivity index (χ0v) is 23.9. The van der Waals surface area contributed by atoms with Crippen LogP contribution in [0.3, 0.4) is 0 Å². The van der Waals surface area contributed by atoms with Crippen LogP contribution in [0.25, 0.3) is 0 Å². The molecule has 1 saturated carbocycles. The molecular formula is C26H28Cl2N6O5S. The number of rotatable bonds is 8. The van der Waals surface area contributed by atoms with E-state index in [-0.39, 0.29) is 24.2 Å². The van der Waals surface area contributed by atoms with Crippen molar-refractivity contribution in [3.63, 3.8) is 0 Å². The van der Waals surface area contributed by atoms with Gasteiger partial charge in [0.15, 0.2) is 12.5 Å². The minimum Gasteiger partial charge on any atom is -0.326 e. The van der Waals surface area contributed by atoms with Gasteiger partial charge in [-0.1, -0.05) is 60.3 Å². The largest absolute Gasteiger partial charge is 0.326 e. The fourth-order valence-corrected chi connectivity index (χ4v) is 7.04. The van der Waals surface area contributed by atoms with E-state index >= 15 is 0 Å². The number of fused-ring (bicyclic) bond motifs is 1. The first-order valence-corrected chi connectivity index (χ1v) is 15.4. The Morgan fingerprint density at radius 2 is 1.90 bits per heavy atom. The van der Waals surface area contributed by atoms with Gasteiger partial charge in [-0.2, -0.15) is 5.11 Å². The van der Waals surface area contributed by atoms with E-state index in [0.29, 0.717) is 40.4 Å². The molecule has 40 heavy (non-hydrogen) atoms. The summed E-state index contributed by atoms with van der Waals surface area (Å²) in [5.41, 5.74) is 3.86. The molecule has 0 aromatic heterocycles. The first-order valence-electron chi connectivity index (χ1n) is 12.8. The fourth-order valence-electron chi connectivity index (χ4n) is 5.70. The third-order valence-corrected chi connectivity index (χ3v) is 8.56. The number of hydrogen-bond donors (Lipinski definition) is 2. The Balaban J connectivity index is 1.61. The van der Waals surface area contributed by atoms with Crippen molar-refractivity contribution >= 4 is 50.9 Å². The Bertz CT molecular complexity index is 1480. The highest BCUT2D eigenvalue weighted by atomic mass is 35.5. The molecule has 2 heterocycles. The molecule has 2 amide bonds. The van der Waals surface area contributed by atoms with Crippen molar-refractivity contribution in [2.24, 2.45) is 15.2 Å². The molecule has 0 radical (unpaired) electrons. The van der Waals surface area contributed by atoms with E-state index in [1.807, 2.05) is 0 Å². The van der Waals surface area contributed by atoms with Crippen LogP contribution in [0.2, 0.25) is 10.0 Å². The Morgan fingerprint density at radius 3 is 2.62 bits per heavy atom. The van der Waals surface area contributed by atoms with Crippen molar-refractivity contribution < 1.29 is 22.8 Å². The molecule has 4 atom stereocenters. The highest BCUT2D eigenvalue weighted by Gasteiger charge is 2.49. The summed E-state index contributed by atoms with van der Waals surface area (Å²) in [7, 11) is -3.58. The van der Waals surface area contributed by atoms with E-state index in [2.05, 4.69) is 25.4 Å². The van der Waals surface area contributed by atoms with Gasteiger partial charge >= 0.3 is 0 Å². The average molecular weight is 608 g/mol. The molecule has 11 nitrogen and oxygen atoms in total. The minimum absolute atomic E-state index is 0.0817. The lowest BCUT2D eigenvalue weighted by atomic mass is 9.76. The van der Waals surface area contributed by atoms with Crippen LogP contribution in [0.1, 0.15) is 59.1 Å². The molecule has 2 aliphatic heterocycles. The lowest BCUT2D eigenvalue weighted by Gasteiger charge is -2.49. The van der Waals surface area contributed by atoms with Gasteiger partial charge in [-0.3, -0.25) is 14.4 Å². The maximum Gasteiger partial charge on any atom is 0.255 e. The summed E-state index contributed by atoms with van der Waals surface area (Å²) in [6.45, 7) is 0.128. The summed E-state index contributed by atoms with van der Waals surface area (Å²) in [5.74, 6) is -1.43. The van der Waals surface area contributed by atoms with Crippen molar-refractivity contribution in [3.05, 3.63) is 69.2 Å². The zero-order valence-electron chi connectivity index (χ0n) is 21.6. The predicted molar refractivity (Wildman–Crippen MR) is 150 cm³/mol. The maximum absolute atomic E-state index is 14.2. The SMILES string of the molecule is CS(=O)(=O)N[C@H]1CCCCC1N1C(=O)c2ccccc2[C@@H](C(=O)NOCC2=NCN=N2)[C@@H]1c1ccc(Cl)cc1Cl. The lowest BCUT2D eigenvalue weighted by Crippen LogP contribution is -2.59. The minimum atomic E-state index is -3.58. The van der Waals surface area contributed by atoms with Gasteiger partial charge < -0.3 is 4.90 Å². The van der Waals surface area contributed by atoms with Crippen molar-refractivity contribution in [3.8, 4) is 0 Å². The van der Waals surface area contributed by atoms with Crippen LogP contribution in [0, 0.1) is 0 Å². The second-order valence-electron chi connectivity index (χ2n) is 9.95.